The van der Waals surface area contributed by atoms with Gasteiger partial charge in [0.15, 0.2) is 0 Å². The van der Waals surface area contributed by atoms with Crippen molar-refractivity contribution >= 4 is 17.3 Å². The molecule has 1 fully saturated rings. The highest BCUT2D eigenvalue weighted by Gasteiger charge is 2.26. The van der Waals surface area contributed by atoms with E-state index in [2.05, 4.69) is 15.0 Å². The van der Waals surface area contributed by atoms with Crippen molar-refractivity contribution in [2.24, 2.45) is 0 Å². The number of anilines is 1. The minimum Gasteiger partial charge on any atom is -0.462 e. The van der Waals surface area contributed by atoms with E-state index in [1.54, 1.807) is 19.3 Å². The van der Waals surface area contributed by atoms with Gasteiger partial charge in [0.1, 0.15) is 12.7 Å². The monoisotopic (exact) mass is 345 g/mol. The fraction of sp³-hybridized carbons (Fsp3) is 0.438. The molecule has 1 aromatic carbocycles. The maximum Gasteiger partial charge on any atom is 0.340 e. The molecule has 0 amide bonds. The summed E-state index contributed by atoms with van der Waals surface area (Å²) in [5.74, 6) is -0.542. The zero-order chi connectivity index (χ0) is 17.8. The summed E-state index contributed by atoms with van der Waals surface area (Å²) >= 11 is 0. The molecule has 0 bridgehead atoms. The number of nitro groups is 1. The van der Waals surface area contributed by atoms with Gasteiger partial charge in [0.25, 0.3) is 5.69 Å². The molecule has 1 saturated heterocycles. The van der Waals surface area contributed by atoms with E-state index in [-0.39, 0.29) is 23.9 Å². The number of ether oxygens (including phenoxy) is 1. The summed E-state index contributed by atoms with van der Waals surface area (Å²) in [6, 6.07) is 4.60. The molecule has 0 atom stereocenters. The van der Waals surface area contributed by atoms with Crippen molar-refractivity contribution in [1.29, 1.82) is 0 Å². The first-order valence-corrected chi connectivity index (χ1v) is 8.14. The summed E-state index contributed by atoms with van der Waals surface area (Å²) in [4.78, 5) is 28.8. The average molecular weight is 345 g/mol. The van der Waals surface area contributed by atoms with Crippen molar-refractivity contribution in [2.75, 3.05) is 24.6 Å². The molecule has 1 aliphatic rings. The van der Waals surface area contributed by atoms with Crippen molar-refractivity contribution in [2.45, 2.75) is 25.8 Å². The Morgan fingerprint density at radius 2 is 2.16 bits per heavy atom. The largest absolute Gasteiger partial charge is 0.462 e. The van der Waals surface area contributed by atoms with Crippen LogP contribution >= 0.6 is 0 Å². The van der Waals surface area contributed by atoms with E-state index in [4.69, 9.17) is 4.74 Å². The van der Waals surface area contributed by atoms with Gasteiger partial charge in [-0.05, 0) is 25.8 Å². The third-order valence-corrected chi connectivity index (χ3v) is 4.30. The number of esters is 1. The Labute approximate surface area is 144 Å². The first-order chi connectivity index (χ1) is 12.1. The third kappa shape index (κ3) is 3.59. The number of rotatable bonds is 5. The molecule has 1 aromatic heterocycles. The number of carbonyl (C=O) groups excluding carboxylic acids is 1. The number of nitro benzene ring substituents is 1. The Hall–Kier alpha value is -2.97. The lowest BCUT2D eigenvalue weighted by atomic mass is 10.0. The molecule has 9 nitrogen and oxygen atoms in total. The maximum absolute atomic E-state index is 12.2. The second-order valence-corrected chi connectivity index (χ2v) is 5.77. The van der Waals surface area contributed by atoms with Gasteiger partial charge >= 0.3 is 5.97 Å². The van der Waals surface area contributed by atoms with Crippen LogP contribution in [-0.4, -0.2) is 45.4 Å². The second-order valence-electron chi connectivity index (χ2n) is 5.77. The first kappa shape index (κ1) is 16.9. The number of nitrogens with zero attached hydrogens (tertiary/aromatic N) is 5. The third-order valence-electron chi connectivity index (χ3n) is 4.30. The Balaban J connectivity index is 1.81. The van der Waals surface area contributed by atoms with Crippen molar-refractivity contribution < 1.29 is 14.5 Å². The minimum absolute atomic E-state index is 0.121. The topological polar surface area (TPSA) is 103 Å². The van der Waals surface area contributed by atoms with Crippen LogP contribution in [0, 0.1) is 10.1 Å². The van der Waals surface area contributed by atoms with Crippen molar-refractivity contribution in [1.82, 2.24) is 14.8 Å². The highest BCUT2D eigenvalue weighted by atomic mass is 16.6. The fourth-order valence-corrected chi connectivity index (χ4v) is 3.06. The van der Waals surface area contributed by atoms with E-state index in [0.717, 1.165) is 25.9 Å². The zero-order valence-corrected chi connectivity index (χ0v) is 13.9. The summed E-state index contributed by atoms with van der Waals surface area (Å²) in [6.45, 7) is 3.36. The van der Waals surface area contributed by atoms with Crippen molar-refractivity contribution in [3.05, 3.63) is 46.5 Å². The summed E-state index contributed by atoms with van der Waals surface area (Å²) in [6.07, 6.45) is 4.92. The van der Waals surface area contributed by atoms with Crippen LogP contribution in [0.5, 0.6) is 0 Å². The lowest BCUT2D eigenvalue weighted by Crippen LogP contribution is -2.35. The van der Waals surface area contributed by atoms with Crippen molar-refractivity contribution in [3.8, 4) is 0 Å². The van der Waals surface area contributed by atoms with Crippen LogP contribution in [0.3, 0.4) is 0 Å². The standard InChI is InChI=1S/C16H19N5O4/c1-2-25-16(22)14-9-13(21(23)24)3-4-15(14)19-7-5-12(6-8-19)20-11-17-10-18-20/h3-4,9-12H,2,5-8H2,1H3. The highest BCUT2D eigenvalue weighted by Crippen LogP contribution is 2.31. The number of carbonyl (C=O) groups is 1. The van der Waals surface area contributed by atoms with Crippen LogP contribution in [-0.2, 0) is 4.74 Å². The van der Waals surface area contributed by atoms with E-state index in [1.165, 1.54) is 18.5 Å². The van der Waals surface area contributed by atoms with Gasteiger partial charge in [0.2, 0.25) is 0 Å². The lowest BCUT2D eigenvalue weighted by Gasteiger charge is -2.34. The van der Waals surface area contributed by atoms with Crippen LogP contribution in [0.15, 0.2) is 30.9 Å². The van der Waals surface area contributed by atoms with Crippen LogP contribution in [0.2, 0.25) is 0 Å². The Morgan fingerprint density at radius 3 is 2.76 bits per heavy atom. The number of hydrogen-bond donors (Lipinski definition) is 0. The molecular weight excluding hydrogens is 326 g/mol. The molecule has 25 heavy (non-hydrogen) atoms. The van der Waals surface area contributed by atoms with Gasteiger partial charge in [0.05, 0.1) is 28.8 Å². The van der Waals surface area contributed by atoms with Gasteiger partial charge in [0, 0.05) is 25.2 Å². The van der Waals surface area contributed by atoms with Crippen LogP contribution in [0.4, 0.5) is 11.4 Å². The zero-order valence-electron chi connectivity index (χ0n) is 13.9. The SMILES string of the molecule is CCOC(=O)c1cc([N+](=O)[O-])ccc1N1CCC(n2cncn2)CC1. The number of aromatic nitrogens is 3. The lowest BCUT2D eigenvalue weighted by molar-refractivity contribution is -0.384. The Morgan fingerprint density at radius 1 is 1.40 bits per heavy atom. The Kier molecular flexibility index (Phi) is 4.92. The number of hydrogen-bond acceptors (Lipinski definition) is 7. The maximum atomic E-state index is 12.2. The van der Waals surface area contributed by atoms with Crippen LogP contribution in [0.1, 0.15) is 36.2 Å². The smallest absolute Gasteiger partial charge is 0.340 e. The predicted molar refractivity (Wildman–Crippen MR) is 89.6 cm³/mol. The highest BCUT2D eigenvalue weighted by molar-refractivity contribution is 5.96. The summed E-state index contributed by atoms with van der Waals surface area (Å²) in [7, 11) is 0. The Bertz CT molecular complexity index is 754. The molecule has 0 aliphatic carbocycles. The van der Waals surface area contributed by atoms with Gasteiger partial charge in [-0.2, -0.15) is 5.10 Å². The van der Waals surface area contributed by atoms with E-state index in [0.29, 0.717) is 5.69 Å². The molecule has 2 aromatic rings. The van der Waals surface area contributed by atoms with Gasteiger partial charge in [-0.15, -0.1) is 0 Å². The van der Waals surface area contributed by atoms with Crippen LogP contribution in [0.25, 0.3) is 0 Å². The molecule has 0 radical (unpaired) electrons. The van der Waals surface area contributed by atoms with Crippen LogP contribution < -0.4 is 4.90 Å². The van der Waals surface area contributed by atoms with Gasteiger partial charge in [-0.1, -0.05) is 0 Å². The van der Waals surface area contributed by atoms with E-state index in [9.17, 15) is 14.9 Å². The average Bonchev–Trinajstić information content (AvgIpc) is 3.16. The van der Waals surface area contributed by atoms with Gasteiger partial charge < -0.3 is 9.64 Å². The molecule has 9 heteroatoms. The van der Waals surface area contributed by atoms with E-state index in [1.807, 2.05) is 4.68 Å². The van der Waals surface area contributed by atoms with Gasteiger partial charge in [-0.25, -0.2) is 14.5 Å². The predicted octanol–water partition coefficient (Wildman–Crippen LogP) is 2.20. The molecule has 132 valence electrons. The minimum atomic E-state index is -0.542. The number of benzene rings is 1. The molecule has 2 heterocycles. The molecule has 0 unspecified atom stereocenters. The summed E-state index contributed by atoms with van der Waals surface area (Å²) in [5.41, 5.74) is 0.778. The van der Waals surface area contributed by atoms with Crippen molar-refractivity contribution in [3.63, 3.8) is 0 Å². The fourth-order valence-electron chi connectivity index (χ4n) is 3.06. The molecule has 0 N–H and O–H groups in total. The molecule has 3 rings (SSSR count). The molecule has 0 saturated carbocycles. The number of piperidine rings is 1. The normalized spacial score (nSPS) is 15.2. The molecular formula is C16H19N5O4. The number of non-ortho nitro benzene ring substituents is 1. The van der Waals surface area contributed by atoms with E-state index < -0.39 is 10.9 Å². The first-order valence-electron chi connectivity index (χ1n) is 8.14. The summed E-state index contributed by atoms with van der Waals surface area (Å²) < 4.78 is 6.91. The van der Waals surface area contributed by atoms with Gasteiger partial charge in [-0.3, -0.25) is 10.1 Å². The molecule has 0 spiro atoms. The summed E-state index contributed by atoms with van der Waals surface area (Å²) in [5, 5.41) is 15.2. The quantitative estimate of drug-likeness (QED) is 0.465. The van der Waals surface area contributed by atoms with E-state index >= 15 is 0 Å². The molecule has 1 aliphatic heterocycles. The second kappa shape index (κ2) is 7.29.